The molecule has 0 amide bonds. The lowest BCUT2D eigenvalue weighted by Crippen LogP contribution is -2.12. The Hall–Kier alpha value is -4.28. The maximum absolute atomic E-state index is 12.8. The molecule has 2 aromatic carbocycles. The van der Waals surface area contributed by atoms with Gasteiger partial charge in [0.2, 0.25) is 5.76 Å². The highest BCUT2D eigenvalue weighted by atomic mass is 16.6. The molecule has 0 aliphatic carbocycles. The van der Waals surface area contributed by atoms with E-state index >= 15 is 0 Å². The second kappa shape index (κ2) is 7.38. The summed E-state index contributed by atoms with van der Waals surface area (Å²) in [4.78, 5) is 45.3. The number of hydrogen-bond donors (Lipinski definition) is 1. The number of fused-ring (bicyclic) bond motifs is 1. The van der Waals surface area contributed by atoms with E-state index < -0.39 is 44.8 Å². The topological polar surface area (TPSA) is 163 Å². The van der Waals surface area contributed by atoms with E-state index in [0.717, 1.165) is 0 Å². The summed E-state index contributed by atoms with van der Waals surface area (Å²) in [5.41, 5.74) is -3.12. The first-order valence-corrected chi connectivity index (χ1v) is 8.03. The van der Waals surface area contributed by atoms with Crippen LogP contribution in [0.5, 0.6) is 5.75 Å². The van der Waals surface area contributed by atoms with Crippen molar-refractivity contribution < 1.29 is 28.9 Å². The molecular formula is C18H12N2O9. The van der Waals surface area contributed by atoms with Gasteiger partial charge >= 0.3 is 17.3 Å². The van der Waals surface area contributed by atoms with Crippen LogP contribution in [0.15, 0.2) is 45.6 Å². The number of methoxy groups -OCH3 is 1. The van der Waals surface area contributed by atoms with Gasteiger partial charge in [-0.3, -0.25) is 29.8 Å². The molecule has 1 N–H and O–H groups in total. The van der Waals surface area contributed by atoms with Crippen molar-refractivity contribution in [2.24, 2.45) is 0 Å². The monoisotopic (exact) mass is 400 g/mol. The first kappa shape index (κ1) is 19.5. The summed E-state index contributed by atoms with van der Waals surface area (Å²) in [6, 6.07) is 7.81. The summed E-state index contributed by atoms with van der Waals surface area (Å²) < 4.78 is 10.5. The van der Waals surface area contributed by atoms with Crippen molar-refractivity contribution >= 4 is 28.3 Å². The Labute approximate surface area is 161 Å². The Morgan fingerprint density at radius 3 is 2.34 bits per heavy atom. The molecule has 0 aliphatic heterocycles. The standard InChI is InChI=1S/C18H12N2O9/c1-28-12-7-3-5-10(14(12)19(24)25)18-15(20(26)27)16(23)11-6-2-4-9(8-13(21)22)17(11)29-18/h2-7H,8H2,1H3,(H,21,22). The molecule has 0 aliphatic rings. The Balaban J connectivity index is 2.50. The van der Waals surface area contributed by atoms with Crippen LogP contribution in [0.25, 0.3) is 22.3 Å². The number of nitro benzene ring substituents is 1. The Morgan fingerprint density at radius 2 is 1.76 bits per heavy atom. The fourth-order valence-corrected chi connectivity index (χ4v) is 2.97. The smallest absolute Gasteiger partial charge is 0.359 e. The molecule has 1 aromatic heterocycles. The molecule has 0 radical (unpaired) electrons. The van der Waals surface area contributed by atoms with Gasteiger partial charge in [-0.15, -0.1) is 0 Å². The van der Waals surface area contributed by atoms with E-state index in [-0.39, 0.29) is 27.8 Å². The Kier molecular flexibility index (Phi) is 4.96. The predicted octanol–water partition coefficient (Wildman–Crippen LogP) is 2.91. The van der Waals surface area contributed by atoms with Crippen molar-refractivity contribution in [2.75, 3.05) is 7.11 Å². The van der Waals surface area contributed by atoms with Crippen LogP contribution in [0.2, 0.25) is 0 Å². The average molecular weight is 400 g/mol. The molecule has 148 valence electrons. The van der Waals surface area contributed by atoms with Crippen molar-refractivity contribution in [1.82, 2.24) is 0 Å². The molecule has 3 aromatic rings. The Bertz CT molecular complexity index is 1230. The molecule has 0 atom stereocenters. The molecule has 11 nitrogen and oxygen atoms in total. The number of carbonyl (C=O) groups is 1. The van der Waals surface area contributed by atoms with Gasteiger partial charge in [0, 0.05) is 5.56 Å². The highest BCUT2D eigenvalue weighted by molar-refractivity contribution is 5.89. The molecular weight excluding hydrogens is 388 g/mol. The third kappa shape index (κ3) is 3.36. The summed E-state index contributed by atoms with van der Waals surface area (Å²) in [7, 11) is 1.18. The molecule has 0 unspecified atom stereocenters. The van der Waals surface area contributed by atoms with Gasteiger partial charge in [0.15, 0.2) is 5.75 Å². The molecule has 11 heteroatoms. The maximum Gasteiger partial charge on any atom is 0.359 e. The van der Waals surface area contributed by atoms with Gasteiger partial charge in [-0.1, -0.05) is 18.2 Å². The quantitative estimate of drug-likeness (QED) is 0.484. The van der Waals surface area contributed by atoms with Crippen LogP contribution < -0.4 is 10.2 Å². The second-order valence-electron chi connectivity index (χ2n) is 5.84. The third-order valence-electron chi connectivity index (χ3n) is 4.15. The number of ether oxygens (including phenoxy) is 1. The van der Waals surface area contributed by atoms with Crippen LogP contribution in [-0.2, 0) is 11.2 Å². The highest BCUT2D eigenvalue weighted by Gasteiger charge is 2.33. The SMILES string of the molecule is COc1cccc(-c2oc3c(CC(=O)O)cccc3c(=O)c2[N+](=O)[O-])c1[N+](=O)[O-]. The number of nitro groups is 2. The lowest BCUT2D eigenvalue weighted by atomic mass is 10.0. The van der Waals surface area contributed by atoms with E-state index in [1.54, 1.807) is 0 Å². The first-order chi connectivity index (χ1) is 13.8. The number of benzene rings is 2. The zero-order valence-corrected chi connectivity index (χ0v) is 14.8. The highest BCUT2D eigenvalue weighted by Crippen LogP contribution is 2.41. The zero-order valence-electron chi connectivity index (χ0n) is 14.8. The summed E-state index contributed by atoms with van der Waals surface area (Å²) in [5.74, 6) is -2.06. The number of rotatable bonds is 6. The maximum atomic E-state index is 12.8. The predicted molar refractivity (Wildman–Crippen MR) is 99.1 cm³/mol. The van der Waals surface area contributed by atoms with Gasteiger partial charge in [0.25, 0.3) is 5.43 Å². The number of carboxylic acid groups (broad SMARTS) is 1. The van der Waals surface area contributed by atoms with Gasteiger partial charge in [0.1, 0.15) is 11.1 Å². The molecule has 3 rings (SSSR count). The minimum absolute atomic E-state index is 0.0915. The van der Waals surface area contributed by atoms with Gasteiger partial charge in [0.05, 0.1) is 28.8 Å². The van der Waals surface area contributed by atoms with Crippen molar-refractivity contribution in [3.05, 3.63) is 72.4 Å². The molecule has 29 heavy (non-hydrogen) atoms. The Morgan fingerprint density at radius 1 is 1.10 bits per heavy atom. The summed E-state index contributed by atoms with van der Waals surface area (Å²) >= 11 is 0. The molecule has 0 saturated carbocycles. The van der Waals surface area contributed by atoms with Crippen LogP contribution >= 0.6 is 0 Å². The normalized spacial score (nSPS) is 10.7. The van der Waals surface area contributed by atoms with E-state index in [1.807, 2.05) is 0 Å². The largest absolute Gasteiger partial charge is 0.490 e. The molecule has 0 spiro atoms. The van der Waals surface area contributed by atoms with Gasteiger partial charge in [-0.05, 0) is 18.2 Å². The molecule has 0 saturated heterocycles. The van der Waals surface area contributed by atoms with Crippen molar-refractivity contribution in [3.8, 4) is 17.1 Å². The van der Waals surface area contributed by atoms with Crippen molar-refractivity contribution in [1.29, 1.82) is 0 Å². The van der Waals surface area contributed by atoms with E-state index in [4.69, 9.17) is 14.3 Å². The van der Waals surface area contributed by atoms with Gasteiger partial charge in [-0.2, -0.15) is 0 Å². The van der Waals surface area contributed by atoms with E-state index in [2.05, 4.69) is 0 Å². The van der Waals surface area contributed by atoms with Crippen LogP contribution in [0, 0.1) is 20.2 Å². The molecule has 0 bridgehead atoms. The second-order valence-corrected chi connectivity index (χ2v) is 5.84. The van der Waals surface area contributed by atoms with Crippen molar-refractivity contribution in [2.45, 2.75) is 6.42 Å². The van der Waals surface area contributed by atoms with Crippen LogP contribution in [0.4, 0.5) is 11.4 Å². The van der Waals surface area contributed by atoms with Crippen LogP contribution in [-0.4, -0.2) is 28.0 Å². The summed E-state index contributed by atoms with van der Waals surface area (Å²) in [6.07, 6.45) is -0.516. The lowest BCUT2D eigenvalue weighted by molar-refractivity contribution is -0.388. The molecule has 0 fully saturated rings. The summed E-state index contributed by atoms with van der Waals surface area (Å²) in [5, 5.41) is 32.1. The van der Waals surface area contributed by atoms with Gasteiger partial charge in [-0.25, -0.2) is 0 Å². The fourth-order valence-electron chi connectivity index (χ4n) is 2.97. The van der Waals surface area contributed by atoms with Crippen LogP contribution in [0.1, 0.15) is 5.56 Å². The van der Waals surface area contributed by atoms with Gasteiger partial charge < -0.3 is 14.3 Å². The third-order valence-corrected chi connectivity index (χ3v) is 4.15. The number of carboxylic acids is 1. The zero-order chi connectivity index (χ0) is 21.3. The van der Waals surface area contributed by atoms with Crippen LogP contribution in [0.3, 0.4) is 0 Å². The van der Waals surface area contributed by atoms with E-state index in [9.17, 15) is 29.8 Å². The van der Waals surface area contributed by atoms with E-state index in [0.29, 0.717) is 0 Å². The minimum Gasteiger partial charge on any atom is -0.490 e. The number of aliphatic carboxylic acids is 1. The number of para-hydroxylation sites is 2. The number of hydrogen-bond acceptors (Lipinski definition) is 8. The lowest BCUT2D eigenvalue weighted by Gasteiger charge is -2.09. The average Bonchev–Trinajstić information content (AvgIpc) is 2.66. The number of nitrogens with zero attached hydrogens (tertiary/aromatic N) is 2. The molecule has 1 heterocycles. The van der Waals surface area contributed by atoms with E-state index in [1.165, 1.54) is 43.5 Å². The fraction of sp³-hybridized carbons (Fsp3) is 0.111. The minimum atomic E-state index is -1.22. The first-order valence-electron chi connectivity index (χ1n) is 8.03. The van der Waals surface area contributed by atoms with Crippen molar-refractivity contribution in [3.63, 3.8) is 0 Å². The summed E-state index contributed by atoms with van der Waals surface area (Å²) in [6.45, 7) is 0.